The van der Waals surface area contributed by atoms with E-state index in [0.29, 0.717) is 0 Å². The number of rotatable bonds is 3. The van der Waals surface area contributed by atoms with Gasteiger partial charge in [0.05, 0.1) is 17.1 Å². The summed E-state index contributed by atoms with van der Waals surface area (Å²) >= 11 is 0. The Balaban J connectivity index is 1.97. The molecule has 0 aromatic heterocycles. The van der Waals surface area contributed by atoms with E-state index in [1.165, 1.54) is 49.5 Å². The maximum atomic E-state index is 12.4. The fraction of sp³-hybridized carbons (Fsp3) is 0.0588. The second-order valence-corrected chi connectivity index (χ2v) is 5.12. The number of amides is 2. The van der Waals surface area contributed by atoms with Crippen LogP contribution in [0.3, 0.4) is 0 Å². The van der Waals surface area contributed by atoms with Crippen molar-refractivity contribution in [1.82, 2.24) is 4.90 Å². The second-order valence-electron chi connectivity index (χ2n) is 5.12. The van der Waals surface area contributed by atoms with E-state index in [0.717, 1.165) is 4.90 Å². The molecule has 2 aromatic carbocycles. The summed E-state index contributed by atoms with van der Waals surface area (Å²) in [5.74, 6) is -2.55. The molecule has 1 aliphatic heterocycles. The smallest absolute Gasteiger partial charge is 0.261 e. The number of aromatic carboxylic acids is 1. The van der Waals surface area contributed by atoms with Gasteiger partial charge in [0.1, 0.15) is 0 Å². The number of hydrogen-bond acceptors (Lipinski definition) is 5. The standard InChI is InChI=1S/C17H11NO5/c1-18-15(20)12-7-6-11(8-13(12)16(18)21)14(19)9-2-4-10(5-3-9)17(22)23/h2-8H,1H3,(H,22,23)/p-1. The zero-order chi connectivity index (χ0) is 16.7. The minimum Gasteiger partial charge on any atom is -0.545 e. The van der Waals surface area contributed by atoms with Crippen LogP contribution in [-0.2, 0) is 0 Å². The SMILES string of the molecule is CN1C(=O)c2ccc(C(=O)c3ccc(C(=O)[O-])cc3)cc2C1=O. The Morgan fingerprint density at radius 3 is 1.96 bits per heavy atom. The maximum Gasteiger partial charge on any atom is 0.261 e. The van der Waals surface area contributed by atoms with Gasteiger partial charge >= 0.3 is 0 Å². The van der Waals surface area contributed by atoms with E-state index in [9.17, 15) is 24.3 Å². The first-order chi connectivity index (χ1) is 10.9. The van der Waals surface area contributed by atoms with Crippen LogP contribution in [0.4, 0.5) is 0 Å². The monoisotopic (exact) mass is 308 g/mol. The first kappa shape index (κ1) is 14.6. The first-order valence-electron chi connectivity index (χ1n) is 6.72. The Labute approximate surface area is 131 Å². The van der Waals surface area contributed by atoms with Gasteiger partial charge in [-0.25, -0.2) is 0 Å². The minimum atomic E-state index is -1.33. The molecule has 2 amide bonds. The molecule has 6 nitrogen and oxygen atoms in total. The van der Waals surface area contributed by atoms with Crippen molar-refractivity contribution < 1.29 is 24.3 Å². The highest BCUT2D eigenvalue weighted by molar-refractivity contribution is 6.22. The van der Waals surface area contributed by atoms with Gasteiger partial charge in [0.2, 0.25) is 0 Å². The molecule has 0 aliphatic carbocycles. The summed E-state index contributed by atoms with van der Waals surface area (Å²) in [6.45, 7) is 0. The number of carboxylic acids is 1. The van der Waals surface area contributed by atoms with Gasteiger partial charge in [-0.1, -0.05) is 30.3 Å². The Morgan fingerprint density at radius 2 is 1.35 bits per heavy atom. The molecule has 0 fully saturated rings. The third-order valence-electron chi connectivity index (χ3n) is 3.73. The maximum absolute atomic E-state index is 12.4. The lowest BCUT2D eigenvalue weighted by Crippen LogP contribution is -2.24. The molecule has 0 unspecified atom stereocenters. The van der Waals surface area contributed by atoms with Crippen molar-refractivity contribution in [2.24, 2.45) is 0 Å². The molecule has 114 valence electrons. The van der Waals surface area contributed by atoms with Crippen molar-refractivity contribution in [3.05, 3.63) is 70.3 Å². The Kier molecular flexibility index (Phi) is 3.29. The largest absolute Gasteiger partial charge is 0.545 e. The number of carbonyl (C=O) groups is 4. The van der Waals surface area contributed by atoms with Crippen LogP contribution in [0.25, 0.3) is 0 Å². The quantitative estimate of drug-likeness (QED) is 0.608. The summed E-state index contributed by atoms with van der Waals surface area (Å²) in [6.07, 6.45) is 0. The van der Waals surface area contributed by atoms with Gasteiger partial charge in [-0.15, -0.1) is 0 Å². The molecule has 0 atom stereocenters. The molecule has 0 saturated heterocycles. The zero-order valence-electron chi connectivity index (χ0n) is 12.0. The highest BCUT2D eigenvalue weighted by atomic mass is 16.4. The van der Waals surface area contributed by atoms with E-state index in [4.69, 9.17) is 0 Å². The first-order valence-corrected chi connectivity index (χ1v) is 6.72. The number of fused-ring (bicyclic) bond motifs is 1. The van der Waals surface area contributed by atoms with Gasteiger partial charge in [-0.05, 0) is 17.7 Å². The van der Waals surface area contributed by atoms with Gasteiger partial charge in [-0.2, -0.15) is 0 Å². The molecule has 0 N–H and O–H groups in total. The van der Waals surface area contributed by atoms with Crippen LogP contribution in [0.1, 0.15) is 47.0 Å². The van der Waals surface area contributed by atoms with Crippen molar-refractivity contribution in [2.45, 2.75) is 0 Å². The average molecular weight is 308 g/mol. The lowest BCUT2D eigenvalue weighted by Gasteiger charge is -2.05. The second kappa shape index (κ2) is 5.17. The van der Waals surface area contributed by atoms with Crippen molar-refractivity contribution in [3.63, 3.8) is 0 Å². The normalized spacial score (nSPS) is 13.2. The average Bonchev–Trinajstić information content (AvgIpc) is 2.78. The molecule has 1 heterocycles. The van der Waals surface area contributed by atoms with Crippen molar-refractivity contribution in [2.75, 3.05) is 7.05 Å². The van der Waals surface area contributed by atoms with Crippen LogP contribution in [0.5, 0.6) is 0 Å². The lowest BCUT2D eigenvalue weighted by molar-refractivity contribution is -0.255. The van der Waals surface area contributed by atoms with E-state index >= 15 is 0 Å². The van der Waals surface area contributed by atoms with Crippen LogP contribution >= 0.6 is 0 Å². The number of carbonyl (C=O) groups excluding carboxylic acids is 4. The Morgan fingerprint density at radius 1 is 0.826 bits per heavy atom. The zero-order valence-corrected chi connectivity index (χ0v) is 12.0. The van der Waals surface area contributed by atoms with E-state index in [1.807, 2.05) is 0 Å². The van der Waals surface area contributed by atoms with Crippen LogP contribution in [0, 0.1) is 0 Å². The van der Waals surface area contributed by atoms with Crippen LogP contribution in [0.2, 0.25) is 0 Å². The summed E-state index contributed by atoms with van der Waals surface area (Å²) in [7, 11) is 1.38. The van der Waals surface area contributed by atoms with Crippen molar-refractivity contribution in [3.8, 4) is 0 Å². The minimum absolute atomic E-state index is 0.0297. The number of nitrogens with zero attached hydrogens (tertiary/aromatic N) is 1. The molecular weight excluding hydrogens is 298 g/mol. The summed E-state index contributed by atoms with van der Waals surface area (Å²) in [5, 5.41) is 10.7. The van der Waals surface area contributed by atoms with Crippen molar-refractivity contribution >= 4 is 23.6 Å². The van der Waals surface area contributed by atoms with Crippen LogP contribution < -0.4 is 5.11 Å². The molecule has 2 aromatic rings. The van der Waals surface area contributed by atoms with Crippen molar-refractivity contribution in [1.29, 1.82) is 0 Å². The third-order valence-corrected chi connectivity index (χ3v) is 3.73. The number of imide groups is 1. The molecular formula is C17H10NO5-. The van der Waals surface area contributed by atoms with Gasteiger partial charge in [0.15, 0.2) is 5.78 Å². The number of carboxylic acid groups (broad SMARTS) is 1. The van der Waals surface area contributed by atoms with E-state index in [2.05, 4.69) is 0 Å². The van der Waals surface area contributed by atoms with Crippen LogP contribution in [0.15, 0.2) is 42.5 Å². The summed E-state index contributed by atoms with van der Waals surface area (Å²) in [4.78, 5) is 47.9. The molecule has 1 aliphatic rings. The Bertz CT molecular complexity index is 867. The highest BCUT2D eigenvalue weighted by Crippen LogP contribution is 2.24. The summed E-state index contributed by atoms with van der Waals surface area (Å²) in [5.41, 5.74) is 0.954. The third kappa shape index (κ3) is 2.30. The fourth-order valence-corrected chi connectivity index (χ4v) is 2.43. The van der Waals surface area contributed by atoms with Crippen LogP contribution in [-0.4, -0.2) is 35.5 Å². The van der Waals surface area contributed by atoms with Gasteiger partial charge in [-0.3, -0.25) is 19.3 Å². The fourth-order valence-electron chi connectivity index (χ4n) is 2.43. The van der Waals surface area contributed by atoms with E-state index in [1.54, 1.807) is 0 Å². The molecule has 3 rings (SSSR count). The summed E-state index contributed by atoms with van der Waals surface area (Å²) in [6, 6.07) is 9.60. The molecule has 6 heteroatoms. The molecule has 0 bridgehead atoms. The lowest BCUT2D eigenvalue weighted by atomic mass is 9.98. The van der Waals surface area contributed by atoms with Gasteiger partial charge in [0.25, 0.3) is 11.8 Å². The predicted molar refractivity (Wildman–Crippen MR) is 77.1 cm³/mol. The Hall–Kier alpha value is -3.28. The number of hydrogen-bond donors (Lipinski definition) is 0. The molecule has 0 saturated carbocycles. The number of ketones is 1. The highest BCUT2D eigenvalue weighted by Gasteiger charge is 2.33. The van der Waals surface area contributed by atoms with Gasteiger partial charge < -0.3 is 9.90 Å². The summed E-state index contributed by atoms with van der Waals surface area (Å²) < 4.78 is 0. The van der Waals surface area contributed by atoms with Gasteiger partial charge in [0, 0.05) is 18.2 Å². The molecule has 0 spiro atoms. The topological polar surface area (TPSA) is 94.6 Å². The van der Waals surface area contributed by atoms with E-state index in [-0.39, 0.29) is 33.6 Å². The number of benzene rings is 2. The van der Waals surface area contributed by atoms with E-state index < -0.39 is 17.8 Å². The molecule has 23 heavy (non-hydrogen) atoms. The predicted octanol–water partition coefficient (Wildman–Crippen LogP) is 0.507. The molecule has 0 radical (unpaired) electrons.